The van der Waals surface area contributed by atoms with Gasteiger partial charge in [-0.3, -0.25) is 4.79 Å². The fourth-order valence-corrected chi connectivity index (χ4v) is 8.61. The van der Waals surface area contributed by atoms with Gasteiger partial charge >= 0.3 is 0 Å². The lowest BCUT2D eigenvalue weighted by Gasteiger charge is -2.56. The van der Waals surface area contributed by atoms with E-state index in [4.69, 9.17) is 0 Å². The number of hydrogen-bond acceptors (Lipinski definition) is 2. The predicted molar refractivity (Wildman–Crippen MR) is 145 cm³/mol. The van der Waals surface area contributed by atoms with Crippen LogP contribution in [-0.4, -0.2) is 22.5 Å². The van der Waals surface area contributed by atoms with E-state index in [-0.39, 0.29) is 17.5 Å². The van der Waals surface area contributed by atoms with E-state index in [1.165, 1.54) is 85.5 Å². The Kier molecular flexibility index (Phi) is 5.50. The zero-order valence-corrected chi connectivity index (χ0v) is 21.5. The van der Waals surface area contributed by atoms with E-state index in [0.29, 0.717) is 6.04 Å². The van der Waals surface area contributed by atoms with Gasteiger partial charge in [0.1, 0.15) is 0 Å². The van der Waals surface area contributed by atoms with E-state index in [0.717, 1.165) is 29.7 Å². The number of nitrogens with one attached hydrogen (secondary N) is 3. The Bertz CT molecular complexity index is 1240. The molecule has 5 aliphatic rings. The lowest BCUT2D eigenvalue weighted by atomic mass is 9.53. The molecule has 2 atom stereocenters. The number of unbranched alkanes of at least 4 members (excludes halogenated alkanes) is 1. The normalized spacial score (nSPS) is 32.5. The highest BCUT2D eigenvalue weighted by Gasteiger charge is 2.51. The third-order valence-electron chi connectivity index (χ3n) is 9.82. The minimum Gasteiger partial charge on any atom is -0.357 e. The molecule has 2 aromatic carbocycles. The van der Waals surface area contributed by atoms with Crippen LogP contribution in [0.3, 0.4) is 0 Å². The van der Waals surface area contributed by atoms with E-state index in [1.807, 2.05) is 12.1 Å². The maximum absolute atomic E-state index is 13.4. The summed E-state index contributed by atoms with van der Waals surface area (Å²) >= 11 is 0. The van der Waals surface area contributed by atoms with Crippen LogP contribution in [0, 0.1) is 17.8 Å². The lowest BCUT2D eigenvalue weighted by molar-refractivity contribution is -0.0167. The Morgan fingerprint density at radius 2 is 1.67 bits per heavy atom. The second-order valence-corrected chi connectivity index (χ2v) is 12.5. The maximum atomic E-state index is 13.4. The van der Waals surface area contributed by atoms with Gasteiger partial charge in [-0.05, 0) is 98.4 Å². The van der Waals surface area contributed by atoms with Crippen molar-refractivity contribution in [3.8, 4) is 0 Å². The molecule has 1 aromatic heterocycles. The molecule has 4 fully saturated rings. The highest BCUT2D eigenvalue weighted by atomic mass is 16.1. The third-order valence-corrected chi connectivity index (χ3v) is 9.82. The highest BCUT2D eigenvalue weighted by Crippen LogP contribution is 2.55. The van der Waals surface area contributed by atoms with Gasteiger partial charge in [-0.2, -0.15) is 0 Å². The zero-order valence-electron chi connectivity index (χ0n) is 21.5. The number of rotatable bonds is 6. The van der Waals surface area contributed by atoms with Crippen LogP contribution >= 0.6 is 0 Å². The topological polar surface area (TPSA) is 56.9 Å². The number of hydrogen-bond donors (Lipinski definition) is 3. The van der Waals surface area contributed by atoms with Crippen LogP contribution in [-0.2, 0) is 6.42 Å². The molecule has 4 saturated carbocycles. The summed E-state index contributed by atoms with van der Waals surface area (Å²) in [7, 11) is 0. The number of amides is 1. The van der Waals surface area contributed by atoms with Crippen molar-refractivity contribution in [2.24, 2.45) is 17.8 Å². The molecule has 3 aromatic rings. The van der Waals surface area contributed by atoms with Crippen molar-refractivity contribution in [2.45, 2.75) is 88.8 Å². The van der Waals surface area contributed by atoms with Gasteiger partial charge in [-0.15, -0.1) is 0 Å². The Hall–Kier alpha value is -2.59. The second-order valence-electron chi connectivity index (χ2n) is 12.5. The van der Waals surface area contributed by atoms with Gasteiger partial charge in [0.15, 0.2) is 0 Å². The Morgan fingerprint density at radius 1 is 0.972 bits per heavy atom. The summed E-state index contributed by atoms with van der Waals surface area (Å²) in [6.07, 6.45) is 12.5. The van der Waals surface area contributed by atoms with Crippen LogP contribution in [0.15, 0.2) is 48.5 Å². The van der Waals surface area contributed by atoms with Gasteiger partial charge in [0, 0.05) is 33.7 Å². The van der Waals surface area contributed by atoms with E-state index in [9.17, 15) is 4.79 Å². The van der Waals surface area contributed by atoms with E-state index >= 15 is 0 Å². The number of benzene rings is 2. The molecule has 1 amide bonds. The number of aromatic amines is 1. The first-order chi connectivity index (χ1) is 17.6. The van der Waals surface area contributed by atoms with Crippen LogP contribution < -0.4 is 10.6 Å². The summed E-state index contributed by atoms with van der Waals surface area (Å²) in [5, 5.41) is 8.84. The molecular weight excluding hydrogens is 442 g/mol. The molecule has 2 heterocycles. The summed E-state index contributed by atoms with van der Waals surface area (Å²) in [6.45, 7) is 2.27. The first kappa shape index (κ1) is 22.6. The first-order valence-electron chi connectivity index (χ1n) is 14.4. The molecule has 4 nitrogen and oxygen atoms in total. The molecular formula is C32H39N3O. The summed E-state index contributed by atoms with van der Waals surface area (Å²) < 4.78 is 0. The van der Waals surface area contributed by atoms with Crippen molar-refractivity contribution in [1.82, 2.24) is 15.6 Å². The maximum Gasteiger partial charge on any atom is 0.251 e. The van der Waals surface area contributed by atoms with Gasteiger partial charge in [0.25, 0.3) is 5.91 Å². The molecule has 0 spiro atoms. The van der Waals surface area contributed by atoms with Crippen molar-refractivity contribution in [3.63, 3.8) is 0 Å². The molecule has 0 radical (unpaired) electrons. The average molecular weight is 482 g/mol. The predicted octanol–water partition coefficient (Wildman–Crippen LogP) is 6.66. The monoisotopic (exact) mass is 481 g/mol. The number of para-hydroxylation sites is 1. The third kappa shape index (κ3) is 3.89. The summed E-state index contributed by atoms with van der Waals surface area (Å²) in [5.74, 6) is 2.62. The number of carbonyl (C=O) groups excluding carboxylic acids is 1. The van der Waals surface area contributed by atoms with Gasteiger partial charge in [0.2, 0.25) is 0 Å². The second kappa shape index (κ2) is 8.76. The molecule has 0 unspecified atom stereocenters. The van der Waals surface area contributed by atoms with Crippen LogP contribution in [0.4, 0.5) is 0 Å². The molecule has 8 rings (SSSR count). The molecule has 36 heavy (non-hydrogen) atoms. The molecule has 1 aliphatic heterocycles. The standard InChI is InChI=1S/C32H39N3O/c1-2-3-6-25-16-27-26-7-4-5-8-28(26)34-30(27)29(33-25)23-9-11-24(12-10-23)31(36)35-32-17-20-13-21(18-32)15-22(14-20)19-32/h4-5,7-12,20-22,25,29,33-34H,2-3,6,13-19H2,1H3,(H,35,36)/t20?,21?,22?,25-,29-,32?/m0/s1. The molecule has 4 aliphatic carbocycles. The van der Waals surface area contributed by atoms with Crippen LogP contribution in [0.2, 0.25) is 0 Å². The van der Waals surface area contributed by atoms with Crippen molar-refractivity contribution in [2.75, 3.05) is 0 Å². The summed E-state index contributed by atoms with van der Waals surface area (Å²) in [5.41, 5.74) is 6.05. The lowest BCUT2D eigenvalue weighted by Crippen LogP contribution is -2.59. The van der Waals surface area contributed by atoms with Gasteiger partial charge in [-0.1, -0.05) is 50.1 Å². The number of aromatic nitrogens is 1. The van der Waals surface area contributed by atoms with Crippen molar-refractivity contribution < 1.29 is 4.79 Å². The minimum absolute atomic E-state index is 0.0567. The minimum atomic E-state index is 0.0567. The molecule has 4 heteroatoms. The quantitative estimate of drug-likeness (QED) is 0.369. The molecule has 188 valence electrons. The van der Waals surface area contributed by atoms with Gasteiger partial charge in [0.05, 0.1) is 6.04 Å². The van der Waals surface area contributed by atoms with Crippen molar-refractivity contribution in [1.29, 1.82) is 0 Å². The Labute approximate surface area is 214 Å². The van der Waals surface area contributed by atoms with Gasteiger partial charge in [-0.25, -0.2) is 0 Å². The fraction of sp³-hybridized carbons (Fsp3) is 0.531. The smallest absolute Gasteiger partial charge is 0.251 e. The number of fused-ring (bicyclic) bond motifs is 3. The van der Waals surface area contributed by atoms with E-state index in [2.05, 4.69) is 58.9 Å². The molecule has 3 N–H and O–H groups in total. The Morgan fingerprint density at radius 3 is 2.36 bits per heavy atom. The Balaban J connectivity index is 1.14. The number of H-pyrrole nitrogens is 1. The molecule has 4 bridgehead atoms. The average Bonchev–Trinajstić information content (AvgIpc) is 3.25. The van der Waals surface area contributed by atoms with Crippen molar-refractivity contribution in [3.05, 3.63) is 70.9 Å². The molecule has 0 saturated heterocycles. The van der Waals surface area contributed by atoms with E-state index in [1.54, 1.807) is 0 Å². The SMILES string of the molecule is CCCC[C@H]1Cc2c([nH]c3ccccc23)[C@H](c2ccc(C(=O)NC34CC5CC(CC(C5)C3)C4)cc2)N1. The largest absolute Gasteiger partial charge is 0.357 e. The highest BCUT2D eigenvalue weighted by molar-refractivity contribution is 5.94. The van der Waals surface area contributed by atoms with Crippen LogP contribution in [0.1, 0.15) is 97.9 Å². The number of carbonyl (C=O) groups is 1. The van der Waals surface area contributed by atoms with Crippen molar-refractivity contribution >= 4 is 16.8 Å². The fourth-order valence-electron chi connectivity index (χ4n) is 8.61. The van der Waals surface area contributed by atoms with E-state index < -0.39 is 0 Å². The van der Waals surface area contributed by atoms with Gasteiger partial charge < -0.3 is 15.6 Å². The summed E-state index contributed by atoms with van der Waals surface area (Å²) in [6, 6.07) is 17.7. The zero-order chi connectivity index (χ0) is 24.3. The summed E-state index contributed by atoms with van der Waals surface area (Å²) in [4.78, 5) is 17.1. The van der Waals surface area contributed by atoms with Crippen LogP contribution in [0.5, 0.6) is 0 Å². The van der Waals surface area contributed by atoms with Crippen LogP contribution in [0.25, 0.3) is 10.9 Å². The first-order valence-corrected chi connectivity index (χ1v) is 14.4.